The largest absolute Gasteiger partial charge is 0.377 e. The Morgan fingerprint density at radius 1 is 0.711 bits per heavy atom. The molecule has 4 aromatic rings. The lowest BCUT2D eigenvalue weighted by atomic mass is 10.1. The van der Waals surface area contributed by atoms with Crippen molar-refractivity contribution in [1.82, 2.24) is 19.6 Å². The van der Waals surface area contributed by atoms with E-state index in [1.807, 2.05) is 86.0 Å². The summed E-state index contributed by atoms with van der Waals surface area (Å²) < 4.78 is 29.0. The molecule has 0 amide bonds. The second kappa shape index (κ2) is 13.5. The summed E-state index contributed by atoms with van der Waals surface area (Å²) in [5.74, 6) is 0. The minimum absolute atomic E-state index is 0.332. The zero-order chi connectivity index (χ0) is 26.8. The molecule has 2 aromatic carbocycles. The van der Waals surface area contributed by atoms with Gasteiger partial charge in [-0.1, -0.05) is 49.2 Å². The number of fused-ring (bicyclic) bond motifs is 1. The van der Waals surface area contributed by atoms with Crippen LogP contribution in [0.2, 0.25) is 0 Å². The molecule has 0 spiro atoms. The van der Waals surface area contributed by atoms with Gasteiger partial charge in [0.2, 0.25) is 10.0 Å². The Kier molecular flexibility index (Phi) is 9.81. The van der Waals surface area contributed by atoms with E-state index in [-0.39, 0.29) is 0 Å². The van der Waals surface area contributed by atoms with Crippen molar-refractivity contribution in [3.05, 3.63) is 96.6 Å². The Labute approximate surface area is 226 Å². The summed E-state index contributed by atoms with van der Waals surface area (Å²) in [5, 5.41) is 1.67. The summed E-state index contributed by atoms with van der Waals surface area (Å²) >= 11 is 0. The third-order valence-electron chi connectivity index (χ3n) is 6.55. The number of pyridine rings is 2. The molecule has 1 N–H and O–H groups in total. The number of rotatable bonds is 14. The predicted octanol–water partition coefficient (Wildman–Crippen LogP) is 5.24. The smallest absolute Gasteiger partial charge is 0.241 e. The molecule has 0 atom stereocenters. The molecule has 0 unspecified atom stereocenters. The van der Waals surface area contributed by atoms with Gasteiger partial charge in [-0.2, -0.15) is 0 Å². The van der Waals surface area contributed by atoms with Crippen LogP contribution in [-0.4, -0.2) is 50.5 Å². The number of anilines is 1. The van der Waals surface area contributed by atoms with Gasteiger partial charge in [-0.25, -0.2) is 13.1 Å². The quantitative estimate of drug-likeness (QED) is 0.224. The van der Waals surface area contributed by atoms with Crippen LogP contribution in [0.1, 0.15) is 37.1 Å². The summed E-state index contributed by atoms with van der Waals surface area (Å²) in [7, 11) is 0.330. The maximum Gasteiger partial charge on any atom is 0.241 e. The van der Waals surface area contributed by atoms with Crippen LogP contribution in [0.3, 0.4) is 0 Å². The molecule has 200 valence electrons. The number of benzene rings is 2. The van der Waals surface area contributed by atoms with Crippen LogP contribution in [0.15, 0.2) is 90.1 Å². The molecule has 0 aliphatic heterocycles. The Bertz CT molecular complexity index is 1350. The molecule has 0 aliphatic carbocycles. The molecule has 0 aliphatic rings. The highest BCUT2D eigenvalue weighted by Crippen LogP contribution is 2.30. The molecule has 0 bridgehead atoms. The van der Waals surface area contributed by atoms with Gasteiger partial charge in [-0.05, 0) is 55.8 Å². The maximum atomic E-state index is 13.1. The minimum Gasteiger partial charge on any atom is -0.377 e. The van der Waals surface area contributed by atoms with Crippen molar-refractivity contribution in [3.8, 4) is 0 Å². The van der Waals surface area contributed by atoms with Crippen LogP contribution >= 0.6 is 0 Å². The van der Waals surface area contributed by atoms with E-state index in [2.05, 4.69) is 31.7 Å². The van der Waals surface area contributed by atoms with Gasteiger partial charge in [0.15, 0.2) is 0 Å². The van der Waals surface area contributed by atoms with Crippen molar-refractivity contribution in [2.24, 2.45) is 0 Å². The summed E-state index contributed by atoms with van der Waals surface area (Å²) in [4.78, 5) is 13.7. The van der Waals surface area contributed by atoms with Crippen LogP contribution in [0.4, 0.5) is 5.69 Å². The monoisotopic (exact) mass is 531 g/mol. The van der Waals surface area contributed by atoms with Gasteiger partial charge in [-0.15, -0.1) is 0 Å². The zero-order valence-electron chi connectivity index (χ0n) is 22.3. The fourth-order valence-corrected chi connectivity index (χ4v) is 5.94. The standard InChI is InChI=1S/C30H37N5O2S/c1-34(2)29-17-11-16-28-27(29)15-12-18-30(28)38(36,37)33-21-7-3-4-10-22-35(23-25-13-5-8-19-31-25)24-26-14-6-9-20-32-26/h5-6,8-9,11-20,33H,3-4,7,10,21-24H2,1-2H3. The van der Waals surface area contributed by atoms with Gasteiger partial charge in [-0.3, -0.25) is 14.9 Å². The molecule has 0 fully saturated rings. The summed E-state index contributed by atoms with van der Waals surface area (Å²) in [6.45, 7) is 2.91. The van der Waals surface area contributed by atoms with Crippen LogP contribution in [0, 0.1) is 0 Å². The fraction of sp³-hybridized carbons (Fsp3) is 0.333. The van der Waals surface area contributed by atoms with E-state index < -0.39 is 10.0 Å². The van der Waals surface area contributed by atoms with Crippen LogP contribution < -0.4 is 9.62 Å². The molecule has 38 heavy (non-hydrogen) atoms. The van der Waals surface area contributed by atoms with Crippen molar-refractivity contribution in [1.29, 1.82) is 0 Å². The van der Waals surface area contributed by atoms with Gasteiger partial charge in [0.1, 0.15) is 0 Å². The summed E-state index contributed by atoms with van der Waals surface area (Å²) in [5.41, 5.74) is 3.09. The van der Waals surface area contributed by atoms with Gasteiger partial charge in [0.25, 0.3) is 0 Å². The van der Waals surface area contributed by atoms with Gasteiger partial charge >= 0.3 is 0 Å². The van der Waals surface area contributed by atoms with Crippen molar-refractivity contribution in [3.63, 3.8) is 0 Å². The Hall–Kier alpha value is -3.33. The third kappa shape index (κ3) is 7.60. The molecular formula is C30H37N5O2S. The van der Waals surface area contributed by atoms with Crippen LogP contribution in [0.25, 0.3) is 10.8 Å². The van der Waals surface area contributed by atoms with Crippen molar-refractivity contribution < 1.29 is 8.42 Å². The highest BCUT2D eigenvalue weighted by molar-refractivity contribution is 7.89. The van der Waals surface area contributed by atoms with Gasteiger partial charge in [0, 0.05) is 62.6 Å². The highest BCUT2D eigenvalue weighted by Gasteiger charge is 2.18. The van der Waals surface area contributed by atoms with E-state index in [1.54, 1.807) is 6.07 Å². The van der Waals surface area contributed by atoms with Crippen molar-refractivity contribution >= 4 is 26.5 Å². The Morgan fingerprint density at radius 3 is 1.97 bits per heavy atom. The van der Waals surface area contributed by atoms with Gasteiger partial charge in [0.05, 0.1) is 16.3 Å². The lowest BCUT2D eigenvalue weighted by molar-refractivity contribution is 0.244. The molecule has 0 radical (unpaired) electrons. The average molecular weight is 532 g/mol. The average Bonchev–Trinajstić information content (AvgIpc) is 2.92. The number of hydrogen-bond acceptors (Lipinski definition) is 6. The first-order valence-electron chi connectivity index (χ1n) is 13.1. The van der Waals surface area contributed by atoms with E-state index in [0.717, 1.165) is 73.2 Å². The van der Waals surface area contributed by atoms with E-state index in [4.69, 9.17) is 0 Å². The molecule has 0 saturated heterocycles. The lowest BCUT2D eigenvalue weighted by Gasteiger charge is -2.21. The van der Waals surface area contributed by atoms with Gasteiger partial charge < -0.3 is 4.90 Å². The SMILES string of the molecule is CN(C)c1cccc2c(S(=O)(=O)NCCCCCCN(Cc3ccccn3)Cc3ccccn3)cccc12. The number of aromatic nitrogens is 2. The second-order valence-corrected chi connectivity index (χ2v) is 11.4. The molecule has 2 aromatic heterocycles. The second-order valence-electron chi connectivity index (χ2n) is 9.69. The number of nitrogens with one attached hydrogen (secondary N) is 1. The molecule has 2 heterocycles. The third-order valence-corrected chi connectivity index (χ3v) is 8.07. The van der Waals surface area contributed by atoms with Crippen molar-refractivity contribution in [2.45, 2.75) is 43.7 Å². The van der Waals surface area contributed by atoms with E-state index in [9.17, 15) is 8.42 Å². The summed E-state index contributed by atoms with van der Waals surface area (Å²) in [6.07, 6.45) is 7.48. The topological polar surface area (TPSA) is 78.4 Å². The molecule has 7 nitrogen and oxygen atoms in total. The molecule has 4 rings (SSSR count). The number of hydrogen-bond donors (Lipinski definition) is 1. The zero-order valence-corrected chi connectivity index (χ0v) is 23.1. The number of unbranched alkanes of at least 4 members (excludes halogenated alkanes) is 3. The van der Waals surface area contributed by atoms with E-state index in [0.29, 0.717) is 11.4 Å². The number of nitrogens with zero attached hydrogens (tertiary/aromatic N) is 4. The highest BCUT2D eigenvalue weighted by atomic mass is 32.2. The van der Waals surface area contributed by atoms with E-state index >= 15 is 0 Å². The van der Waals surface area contributed by atoms with Crippen LogP contribution in [0.5, 0.6) is 0 Å². The van der Waals surface area contributed by atoms with E-state index in [1.165, 1.54) is 0 Å². The van der Waals surface area contributed by atoms with Crippen molar-refractivity contribution in [2.75, 3.05) is 32.1 Å². The van der Waals surface area contributed by atoms with Crippen LogP contribution in [-0.2, 0) is 23.1 Å². The molecule has 8 heteroatoms. The minimum atomic E-state index is -3.60. The first-order valence-corrected chi connectivity index (χ1v) is 14.6. The predicted molar refractivity (Wildman–Crippen MR) is 155 cm³/mol. The fourth-order valence-electron chi connectivity index (χ4n) is 4.64. The lowest BCUT2D eigenvalue weighted by Crippen LogP contribution is -2.26. The Balaban J connectivity index is 1.26. The summed E-state index contributed by atoms with van der Waals surface area (Å²) in [6, 6.07) is 23.2. The normalized spacial score (nSPS) is 11.8. The number of sulfonamides is 1. The Morgan fingerprint density at radius 2 is 1.34 bits per heavy atom. The maximum absolute atomic E-state index is 13.1. The molecule has 0 saturated carbocycles. The first kappa shape index (κ1) is 27.7. The first-order chi connectivity index (χ1) is 18.4. The molecular weight excluding hydrogens is 494 g/mol.